The molecule has 38 heavy (non-hydrogen) atoms. The summed E-state index contributed by atoms with van der Waals surface area (Å²) in [6.07, 6.45) is 7.77. The van der Waals surface area contributed by atoms with Crippen molar-refractivity contribution in [2.24, 2.45) is 11.8 Å². The van der Waals surface area contributed by atoms with E-state index in [1.807, 2.05) is 36.6 Å². The average Bonchev–Trinajstić information content (AvgIpc) is 3.19. The van der Waals surface area contributed by atoms with Gasteiger partial charge < -0.3 is 19.0 Å². The molecule has 10 heteroatoms. The second-order valence-corrected chi connectivity index (χ2v) is 9.70. The van der Waals surface area contributed by atoms with Gasteiger partial charge >= 0.3 is 58.0 Å². The van der Waals surface area contributed by atoms with E-state index in [1.165, 1.54) is 6.07 Å². The smallest absolute Gasteiger partial charge is 0.550 e. The molecule has 1 saturated carbocycles. The molecule has 3 heterocycles. The van der Waals surface area contributed by atoms with Crippen molar-refractivity contribution in [3.8, 4) is 16.9 Å². The van der Waals surface area contributed by atoms with Gasteiger partial charge in [-0.15, -0.1) is 0 Å². The molecule has 0 radical (unpaired) electrons. The number of hydrogen-bond acceptors (Lipinski definition) is 6. The zero-order chi connectivity index (χ0) is 26.1. The Morgan fingerprint density at radius 3 is 2.55 bits per heavy atom. The molecule has 3 aromatic heterocycles. The number of aliphatic carboxylic acids is 1. The molecule has 0 N–H and O–H groups in total. The maximum absolute atomic E-state index is 12.9. The first-order valence-electron chi connectivity index (χ1n) is 12.3. The first-order valence-corrected chi connectivity index (χ1v) is 12.3. The number of aryl methyl sites for hydroxylation is 1. The van der Waals surface area contributed by atoms with Crippen LogP contribution in [0.25, 0.3) is 16.8 Å². The number of fused-ring (bicyclic) bond motifs is 1. The predicted octanol–water partition coefficient (Wildman–Crippen LogP) is 1.57. The van der Waals surface area contributed by atoms with E-state index >= 15 is 0 Å². The van der Waals surface area contributed by atoms with Gasteiger partial charge in [-0.3, -0.25) is 0 Å². The summed E-state index contributed by atoms with van der Waals surface area (Å²) in [5.41, 5.74) is 4.80. The molecule has 3 atom stereocenters. The largest absolute Gasteiger partial charge is 1.00 e. The molecule has 5 rings (SSSR count). The van der Waals surface area contributed by atoms with Crippen molar-refractivity contribution in [2.45, 2.75) is 52.1 Å². The normalized spacial score (nSPS) is 19.3. The van der Waals surface area contributed by atoms with Crippen LogP contribution in [0.2, 0.25) is 0 Å². The van der Waals surface area contributed by atoms with E-state index in [9.17, 15) is 18.7 Å². The molecule has 7 nitrogen and oxygen atoms in total. The van der Waals surface area contributed by atoms with Gasteiger partial charge in [0.1, 0.15) is 17.2 Å². The summed E-state index contributed by atoms with van der Waals surface area (Å²) in [6, 6.07) is 10.6. The second kappa shape index (κ2) is 12.3. The molecule has 0 saturated heterocycles. The Labute approximate surface area is 262 Å². The van der Waals surface area contributed by atoms with Gasteiger partial charge in [-0.25, -0.2) is 15.0 Å². The minimum absolute atomic E-state index is 0. The third-order valence-corrected chi connectivity index (χ3v) is 7.30. The first-order chi connectivity index (χ1) is 17.8. The van der Waals surface area contributed by atoms with Gasteiger partial charge in [0.2, 0.25) is 0 Å². The van der Waals surface area contributed by atoms with Crippen LogP contribution in [0.4, 0.5) is 8.78 Å². The van der Waals surface area contributed by atoms with Crippen molar-refractivity contribution in [2.75, 3.05) is 0 Å². The number of ether oxygens (including phenoxy) is 1. The number of imidazole rings is 1. The standard InChI is InChI=1S/C28H28F2N4O3.K/c1-16-11-19(27(35)36)7-9-22(16)26-31-13-21(14-32-26)20-8-10-25-33-17(2)23(34(25)15-20)12-18-5-3-4-6-24(18)37-28(29)30;/h3-6,8,10,13-16,19,22,28H,7,9,11-12H2,1-2H3,(H,35,36);/q;+1/p-1. The van der Waals surface area contributed by atoms with Crippen LogP contribution in [0, 0.1) is 18.8 Å². The van der Waals surface area contributed by atoms with Gasteiger partial charge in [0.25, 0.3) is 0 Å². The van der Waals surface area contributed by atoms with Gasteiger partial charge in [-0.05, 0) is 56.2 Å². The molecule has 0 bridgehead atoms. The number of pyridine rings is 1. The molecule has 0 aliphatic heterocycles. The van der Waals surface area contributed by atoms with Gasteiger partial charge in [0, 0.05) is 59.3 Å². The average molecular weight is 545 g/mol. The topological polar surface area (TPSA) is 92.4 Å². The predicted molar refractivity (Wildman–Crippen MR) is 131 cm³/mol. The molecule has 1 fully saturated rings. The molecule has 3 unspecified atom stereocenters. The summed E-state index contributed by atoms with van der Waals surface area (Å²) in [5.74, 6) is -0.230. The number of rotatable bonds is 7. The molecule has 0 amide bonds. The number of carbonyl (C=O) groups excluding carboxylic acids is 1. The number of alkyl halides is 2. The number of halogens is 2. The molecule has 4 aromatic rings. The van der Waals surface area contributed by atoms with E-state index in [-0.39, 0.29) is 69.0 Å². The number of hydrogen-bond donors (Lipinski definition) is 0. The maximum Gasteiger partial charge on any atom is 1.00 e. The van der Waals surface area contributed by atoms with Crippen LogP contribution in [-0.2, 0) is 11.2 Å². The fourth-order valence-corrected chi connectivity index (χ4v) is 5.31. The number of benzene rings is 1. The number of nitrogens with zero attached hydrogens (tertiary/aromatic N) is 4. The van der Waals surface area contributed by atoms with Crippen LogP contribution in [-0.4, -0.2) is 31.9 Å². The Morgan fingerprint density at radius 2 is 1.87 bits per heavy atom. The Kier molecular flexibility index (Phi) is 9.30. The Balaban J connectivity index is 0.00000336. The molecule has 0 spiro atoms. The Hall–Kier alpha value is -2.24. The van der Waals surface area contributed by atoms with E-state index < -0.39 is 18.5 Å². The van der Waals surface area contributed by atoms with Gasteiger partial charge in [-0.2, -0.15) is 8.78 Å². The van der Waals surface area contributed by atoms with Gasteiger partial charge in [0.05, 0.1) is 5.69 Å². The summed E-state index contributed by atoms with van der Waals surface area (Å²) in [6.45, 7) is 1.04. The summed E-state index contributed by atoms with van der Waals surface area (Å²) in [5, 5.41) is 11.2. The van der Waals surface area contributed by atoms with Crippen LogP contribution >= 0.6 is 0 Å². The summed E-state index contributed by atoms with van der Waals surface area (Å²) < 4.78 is 32.5. The number of carboxylic acid groups (broad SMARTS) is 1. The second-order valence-electron chi connectivity index (χ2n) is 9.70. The summed E-state index contributed by atoms with van der Waals surface area (Å²) in [7, 11) is 0. The minimum atomic E-state index is -2.90. The molecule has 1 aliphatic carbocycles. The van der Waals surface area contributed by atoms with Gasteiger partial charge in [-0.1, -0.05) is 25.1 Å². The van der Waals surface area contributed by atoms with Crippen LogP contribution in [0.15, 0.2) is 55.0 Å². The molecule has 192 valence electrons. The summed E-state index contributed by atoms with van der Waals surface area (Å²) in [4.78, 5) is 25.1. The number of carboxylic acids is 1. The minimum Gasteiger partial charge on any atom is -0.550 e. The monoisotopic (exact) mass is 544 g/mol. The van der Waals surface area contributed by atoms with Crippen molar-refractivity contribution >= 4 is 11.6 Å². The molecular weight excluding hydrogens is 517 g/mol. The third-order valence-electron chi connectivity index (χ3n) is 7.30. The zero-order valence-corrected chi connectivity index (χ0v) is 24.7. The Bertz CT molecular complexity index is 1430. The van der Waals surface area contributed by atoms with E-state index in [0.29, 0.717) is 24.8 Å². The van der Waals surface area contributed by atoms with Crippen molar-refractivity contribution in [3.63, 3.8) is 0 Å². The molecule has 1 aliphatic rings. The third kappa shape index (κ3) is 6.15. The van der Waals surface area contributed by atoms with Crippen molar-refractivity contribution in [1.29, 1.82) is 0 Å². The number of aromatic nitrogens is 4. The van der Waals surface area contributed by atoms with Crippen molar-refractivity contribution < 1.29 is 74.8 Å². The van der Waals surface area contributed by atoms with Crippen molar-refractivity contribution in [1.82, 2.24) is 19.4 Å². The van der Waals surface area contributed by atoms with E-state index in [0.717, 1.165) is 40.4 Å². The van der Waals surface area contributed by atoms with E-state index in [1.54, 1.807) is 30.6 Å². The molecular formula is C28H27F2KN4O3. The zero-order valence-electron chi connectivity index (χ0n) is 21.6. The van der Waals surface area contributed by atoms with E-state index in [2.05, 4.69) is 15.0 Å². The first kappa shape index (κ1) is 28.8. The number of carbonyl (C=O) groups is 1. The Morgan fingerprint density at radius 1 is 1.13 bits per heavy atom. The SMILES string of the molecule is Cc1nc2ccc(-c3cnc(C4CCC(C(=O)[O-])CC4C)nc3)cn2c1Cc1ccccc1OC(F)F.[K+]. The van der Waals surface area contributed by atoms with Crippen LogP contribution in [0.1, 0.15) is 54.9 Å². The quantitative estimate of drug-likeness (QED) is 0.328. The molecule has 1 aromatic carbocycles. The summed E-state index contributed by atoms with van der Waals surface area (Å²) >= 11 is 0. The number of para-hydroxylation sites is 1. The van der Waals surface area contributed by atoms with E-state index in [4.69, 9.17) is 4.74 Å². The van der Waals surface area contributed by atoms with Crippen LogP contribution < -0.4 is 61.2 Å². The van der Waals surface area contributed by atoms with Crippen molar-refractivity contribution in [3.05, 3.63) is 77.8 Å². The fraction of sp³-hybridized carbons (Fsp3) is 0.357. The van der Waals surface area contributed by atoms with Crippen LogP contribution in [0.5, 0.6) is 5.75 Å². The van der Waals surface area contributed by atoms with Gasteiger partial charge in [0.15, 0.2) is 0 Å². The fourth-order valence-electron chi connectivity index (χ4n) is 5.31. The maximum atomic E-state index is 12.9. The van der Waals surface area contributed by atoms with Crippen LogP contribution in [0.3, 0.4) is 0 Å².